The Kier molecular flexibility index (Phi) is 3.97. The molecule has 0 atom stereocenters. The molecule has 0 saturated heterocycles. The molecule has 19 heavy (non-hydrogen) atoms. The van der Waals surface area contributed by atoms with Gasteiger partial charge in [-0.2, -0.15) is 0 Å². The summed E-state index contributed by atoms with van der Waals surface area (Å²) >= 11 is 0. The summed E-state index contributed by atoms with van der Waals surface area (Å²) in [5, 5.41) is 0. The SMILES string of the molecule is Cc1cccc(CNS(=O)(=O)c2ccccc2F)c1. The molecule has 0 aliphatic carbocycles. The van der Waals surface area contributed by atoms with Crippen LogP contribution in [0.15, 0.2) is 53.4 Å². The molecular weight excluding hydrogens is 265 g/mol. The summed E-state index contributed by atoms with van der Waals surface area (Å²) in [7, 11) is -3.83. The first-order valence-electron chi connectivity index (χ1n) is 5.79. The van der Waals surface area contributed by atoms with Crippen molar-refractivity contribution in [3.8, 4) is 0 Å². The number of aryl methyl sites for hydroxylation is 1. The average molecular weight is 279 g/mol. The van der Waals surface area contributed by atoms with Crippen molar-refractivity contribution in [3.05, 3.63) is 65.5 Å². The van der Waals surface area contributed by atoms with Crippen molar-refractivity contribution in [2.75, 3.05) is 0 Å². The number of hydrogen-bond acceptors (Lipinski definition) is 2. The van der Waals surface area contributed by atoms with Crippen LogP contribution in [0.1, 0.15) is 11.1 Å². The number of halogens is 1. The second kappa shape index (κ2) is 5.50. The normalized spacial score (nSPS) is 11.5. The van der Waals surface area contributed by atoms with Crippen molar-refractivity contribution in [2.45, 2.75) is 18.4 Å². The zero-order valence-corrected chi connectivity index (χ0v) is 11.2. The monoisotopic (exact) mass is 279 g/mol. The Hall–Kier alpha value is -1.72. The summed E-state index contributed by atoms with van der Waals surface area (Å²) in [6, 6.07) is 12.8. The van der Waals surface area contributed by atoms with Crippen LogP contribution >= 0.6 is 0 Å². The van der Waals surface area contributed by atoms with Crippen molar-refractivity contribution in [1.29, 1.82) is 0 Å². The van der Waals surface area contributed by atoms with E-state index in [-0.39, 0.29) is 11.4 Å². The zero-order valence-electron chi connectivity index (χ0n) is 10.4. The molecule has 2 aromatic carbocycles. The standard InChI is InChI=1S/C14H14FNO2S/c1-11-5-4-6-12(9-11)10-16-19(17,18)14-8-3-2-7-13(14)15/h2-9,16H,10H2,1H3. The van der Waals surface area contributed by atoms with Gasteiger partial charge >= 0.3 is 0 Å². The summed E-state index contributed by atoms with van der Waals surface area (Å²) in [5.74, 6) is -0.751. The summed E-state index contributed by atoms with van der Waals surface area (Å²) in [6.45, 7) is 2.06. The summed E-state index contributed by atoms with van der Waals surface area (Å²) in [6.07, 6.45) is 0. The Morgan fingerprint density at radius 3 is 2.53 bits per heavy atom. The lowest BCUT2D eigenvalue weighted by Gasteiger charge is -2.08. The maximum Gasteiger partial charge on any atom is 0.243 e. The van der Waals surface area contributed by atoms with Gasteiger partial charge in [0, 0.05) is 6.54 Å². The Bertz CT molecular complexity index is 683. The van der Waals surface area contributed by atoms with Gasteiger partial charge in [0.2, 0.25) is 10.0 Å². The molecule has 0 aliphatic rings. The van der Waals surface area contributed by atoms with E-state index in [1.165, 1.54) is 18.2 Å². The lowest BCUT2D eigenvalue weighted by molar-refractivity contribution is 0.557. The van der Waals surface area contributed by atoms with Gasteiger partial charge in [-0.3, -0.25) is 0 Å². The van der Waals surface area contributed by atoms with E-state index in [0.717, 1.165) is 17.2 Å². The van der Waals surface area contributed by atoms with E-state index in [1.807, 2.05) is 31.2 Å². The molecular formula is C14H14FNO2S. The number of sulfonamides is 1. The molecule has 0 radical (unpaired) electrons. The van der Waals surface area contributed by atoms with Gasteiger partial charge < -0.3 is 0 Å². The minimum absolute atomic E-state index is 0.137. The summed E-state index contributed by atoms with van der Waals surface area (Å²) in [5.41, 5.74) is 1.88. The molecule has 0 bridgehead atoms. The Balaban J connectivity index is 2.17. The van der Waals surface area contributed by atoms with E-state index in [9.17, 15) is 12.8 Å². The highest BCUT2D eigenvalue weighted by Gasteiger charge is 2.17. The number of hydrogen-bond donors (Lipinski definition) is 1. The molecule has 100 valence electrons. The van der Waals surface area contributed by atoms with Crippen LogP contribution in [0.3, 0.4) is 0 Å². The molecule has 0 aromatic heterocycles. The summed E-state index contributed by atoms with van der Waals surface area (Å²) in [4.78, 5) is -0.331. The number of nitrogens with one attached hydrogen (secondary N) is 1. The van der Waals surface area contributed by atoms with Gasteiger partial charge in [-0.25, -0.2) is 17.5 Å². The van der Waals surface area contributed by atoms with E-state index >= 15 is 0 Å². The predicted molar refractivity (Wildman–Crippen MR) is 71.6 cm³/mol. The van der Waals surface area contributed by atoms with E-state index in [4.69, 9.17) is 0 Å². The van der Waals surface area contributed by atoms with Gasteiger partial charge in [0.15, 0.2) is 0 Å². The highest BCUT2D eigenvalue weighted by Crippen LogP contribution is 2.14. The fourth-order valence-electron chi connectivity index (χ4n) is 1.74. The van der Waals surface area contributed by atoms with Gasteiger partial charge in [-0.05, 0) is 24.6 Å². The molecule has 5 heteroatoms. The molecule has 0 fully saturated rings. The second-order valence-corrected chi connectivity index (χ2v) is 5.98. The lowest BCUT2D eigenvalue weighted by Crippen LogP contribution is -2.24. The van der Waals surface area contributed by atoms with Crippen LogP contribution in [-0.4, -0.2) is 8.42 Å². The Morgan fingerprint density at radius 1 is 1.11 bits per heavy atom. The van der Waals surface area contributed by atoms with Gasteiger partial charge in [0.05, 0.1) is 0 Å². The average Bonchev–Trinajstić information content (AvgIpc) is 2.37. The number of rotatable bonds is 4. The largest absolute Gasteiger partial charge is 0.243 e. The van der Waals surface area contributed by atoms with Gasteiger partial charge in [-0.1, -0.05) is 42.0 Å². The van der Waals surface area contributed by atoms with Crippen molar-refractivity contribution in [2.24, 2.45) is 0 Å². The fraction of sp³-hybridized carbons (Fsp3) is 0.143. The van der Waals surface area contributed by atoms with Gasteiger partial charge in [-0.15, -0.1) is 0 Å². The molecule has 2 aromatic rings. The smallest absolute Gasteiger partial charge is 0.207 e. The van der Waals surface area contributed by atoms with Crippen molar-refractivity contribution in [1.82, 2.24) is 4.72 Å². The van der Waals surface area contributed by atoms with Crippen molar-refractivity contribution < 1.29 is 12.8 Å². The molecule has 2 rings (SSSR count). The Morgan fingerprint density at radius 2 is 1.84 bits per heavy atom. The van der Waals surface area contributed by atoms with E-state index in [0.29, 0.717) is 0 Å². The van der Waals surface area contributed by atoms with Crippen LogP contribution in [-0.2, 0) is 16.6 Å². The van der Waals surface area contributed by atoms with Crippen LogP contribution in [0.25, 0.3) is 0 Å². The van der Waals surface area contributed by atoms with Crippen molar-refractivity contribution >= 4 is 10.0 Å². The van der Waals surface area contributed by atoms with Crippen LogP contribution in [0.5, 0.6) is 0 Å². The van der Waals surface area contributed by atoms with Crippen LogP contribution in [0.2, 0.25) is 0 Å². The first-order valence-corrected chi connectivity index (χ1v) is 7.27. The highest BCUT2D eigenvalue weighted by molar-refractivity contribution is 7.89. The molecule has 0 amide bonds. The van der Waals surface area contributed by atoms with Crippen molar-refractivity contribution in [3.63, 3.8) is 0 Å². The number of benzene rings is 2. The maximum atomic E-state index is 13.5. The first kappa shape index (κ1) is 13.7. The predicted octanol–water partition coefficient (Wildman–Crippen LogP) is 2.61. The lowest BCUT2D eigenvalue weighted by atomic mass is 10.1. The fourth-order valence-corrected chi connectivity index (χ4v) is 2.84. The van der Waals surface area contributed by atoms with E-state index < -0.39 is 15.8 Å². The summed E-state index contributed by atoms with van der Waals surface area (Å²) < 4.78 is 39.8. The molecule has 0 heterocycles. The molecule has 1 N–H and O–H groups in total. The minimum atomic E-state index is -3.83. The van der Waals surface area contributed by atoms with Crippen LogP contribution < -0.4 is 4.72 Å². The first-order chi connectivity index (χ1) is 8.99. The third kappa shape index (κ3) is 3.39. The molecule has 0 spiro atoms. The second-order valence-electron chi connectivity index (χ2n) is 4.24. The van der Waals surface area contributed by atoms with Crippen LogP contribution in [0.4, 0.5) is 4.39 Å². The van der Waals surface area contributed by atoms with Crippen LogP contribution in [0, 0.1) is 12.7 Å². The third-order valence-electron chi connectivity index (χ3n) is 2.67. The molecule has 0 aliphatic heterocycles. The molecule has 3 nitrogen and oxygen atoms in total. The molecule has 0 saturated carbocycles. The third-order valence-corrected chi connectivity index (χ3v) is 4.11. The highest BCUT2D eigenvalue weighted by atomic mass is 32.2. The van der Waals surface area contributed by atoms with E-state index in [2.05, 4.69) is 4.72 Å². The quantitative estimate of drug-likeness (QED) is 0.935. The van der Waals surface area contributed by atoms with Gasteiger partial charge in [0.25, 0.3) is 0 Å². The minimum Gasteiger partial charge on any atom is -0.207 e. The van der Waals surface area contributed by atoms with Gasteiger partial charge in [0.1, 0.15) is 10.7 Å². The molecule has 0 unspecified atom stereocenters. The Labute approximate surface area is 112 Å². The topological polar surface area (TPSA) is 46.2 Å². The van der Waals surface area contributed by atoms with E-state index in [1.54, 1.807) is 0 Å². The zero-order chi connectivity index (χ0) is 13.9. The maximum absolute atomic E-state index is 13.5.